The lowest BCUT2D eigenvalue weighted by Crippen LogP contribution is -2.46. The Morgan fingerprint density at radius 3 is 1.43 bits per heavy atom. The van der Waals surface area contributed by atoms with Crippen molar-refractivity contribution in [1.82, 2.24) is 0 Å². The summed E-state index contributed by atoms with van der Waals surface area (Å²) < 4.78 is 11.0. The van der Waals surface area contributed by atoms with Gasteiger partial charge in [-0.1, -0.05) is 26.7 Å². The van der Waals surface area contributed by atoms with Gasteiger partial charge in [0.15, 0.2) is 5.41 Å². The van der Waals surface area contributed by atoms with Gasteiger partial charge in [-0.2, -0.15) is 0 Å². The number of rotatable bonds is 6. The minimum absolute atomic E-state index is 0.386. The highest BCUT2D eigenvalue weighted by Gasteiger charge is 2.49. The Labute approximate surface area is 129 Å². The normalized spacial score (nSPS) is 13.0. The minimum atomic E-state index is -1.20. The molecule has 0 saturated heterocycles. The zero-order valence-electron chi connectivity index (χ0n) is 15.0. The van der Waals surface area contributed by atoms with Crippen LogP contribution in [0.2, 0.25) is 0 Å². The molecule has 0 aliphatic rings. The maximum atomic E-state index is 12.6. The molecule has 0 rings (SSSR count). The van der Waals surface area contributed by atoms with Gasteiger partial charge in [0.25, 0.3) is 0 Å². The third kappa shape index (κ3) is 6.49. The summed E-state index contributed by atoms with van der Waals surface area (Å²) in [6, 6.07) is 0. The minimum Gasteiger partial charge on any atom is -0.459 e. The summed E-state index contributed by atoms with van der Waals surface area (Å²) in [4.78, 5) is 25.2. The van der Waals surface area contributed by atoms with E-state index in [1.807, 2.05) is 13.8 Å². The highest BCUT2D eigenvalue weighted by atomic mass is 16.6. The van der Waals surface area contributed by atoms with Crippen molar-refractivity contribution in [3.8, 4) is 0 Å². The van der Waals surface area contributed by atoms with Crippen LogP contribution in [0.25, 0.3) is 0 Å². The predicted molar refractivity (Wildman–Crippen MR) is 83.9 cm³/mol. The average molecular weight is 300 g/mol. The lowest BCUT2D eigenvalue weighted by molar-refractivity contribution is -0.186. The molecule has 0 aromatic carbocycles. The van der Waals surface area contributed by atoms with Gasteiger partial charge in [0.1, 0.15) is 11.2 Å². The van der Waals surface area contributed by atoms with Crippen molar-refractivity contribution in [3.05, 3.63) is 0 Å². The summed E-state index contributed by atoms with van der Waals surface area (Å²) >= 11 is 0. The molecular formula is C17H32O4. The maximum Gasteiger partial charge on any atom is 0.323 e. The van der Waals surface area contributed by atoms with Gasteiger partial charge >= 0.3 is 11.9 Å². The molecule has 0 heterocycles. The van der Waals surface area contributed by atoms with Gasteiger partial charge in [0.05, 0.1) is 0 Å². The van der Waals surface area contributed by atoms with Crippen LogP contribution in [0, 0.1) is 5.41 Å². The lowest BCUT2D eigenvalue weighted by Gasteiger charge is -2.34. The van der Waals surface area contributed by atoms with Crippen LogP contribution in [0.3, 0.4) is 0 Å². The third-order valence-electron chi connectivity index (χ3n) is 3.14. The van der Waals surface area contributed by atoms with E-state index in [1.54, 1.807) is 41.5 Å². The molecular weight excluding hydrogens is 268 g/mol. The Hall–Kier alpha value is -1.06. The fraction of sp³-hybridized carbons (Fsp3) is 0.882. The fourth-order valence-electron chi connectivity index (χ4n) is 1.98. The summed E-state index contributed by atoms with van der Waals surface area (Å²) in [5, 5.41) is 0. The van der Waals surface area contributed by atoms with Crippen molar-refractivity contribution in [2.75, 3.05) is 0 Å². The molecule has 4 heteroatoms. The third-order valence-corrected chi connectivity index (χ3v) is 3.14. The molecule has 124 valence electrons. The topological polar surface area (TPSA) is 52.6 Å². The van der Waals surface area contributed by atoms with Crippen LogP contribution in [0.4, 0.5) is 0 Å². The van der Waals surface area contributed by atoms with Crippen molar-refractivity contribution in [1.29, 1.82) is 0 Å². The Balaban J connectivity index is 5.43. The number of carbonyl (C=O) groups excluding carboxylic acids is 2. The van der Waals surface area contributed by atoms with Crippen LogP contribution in [0.1, 0.15) is 81.1 Å². The quantitative estimate of drug-likeness (QED) is 0.543. The number of ether oxygens (including phenoxy) is 2. The van der Waals surface area contributed by atoms with Gasteiger partial charge in [-0.25, -0.2) is 0 Å². The second-order valence-electron chi connectivity index (χ2n) is 7.54. The zero-order chi connectivity index (χ0) is 16.9. The smallest absolute Gasteiger partial charge is 0.323 e. The first-order chi connectivity index (χ1) is 9.38. The van der Waals surface area contributed by atoms with Crippen LogP contribution in [-0.4, -0.2) is 23.1 Å². The first-order valence-corrected chi connectivity index (χ1v) is 7.85. The molecule has 0 N–H and O–H groups in total. The maximum absolute atomic E-state index is 12.6. The lowest BCUT2D eigenvalue weighted by atomic mass is 9.79. The van der Waals surface area contributed by atoms with Crippen LogP contribution >= 0.6 is 0 Å². The molecule has 21 heavy (non-hydrogen) atoms. The van der Waals surface area contributed by atoms with Crippen molar-refractivity contribution >= 4 is 11.9 Å². The Bertz CT molecular complexity index is 330. The predicted octanol–water partition coefficient (Wildman–Crippen LogP) is 4.26. The number of unbranched alkanes of at least 4 members (excludes halogenated alkanes) is 1. The molecule has 0 radical (unpaired) electrons. The Morgan fingerprint density at radius 2 is 1.19 bits per heavy atom. The van der Waals surface area contributed by atoms with Crippen LogP contribution in [0.5, 0.6) is 0 Å². The van der Waals surface area contributed by atoms with E-state index in [2.05, 4.69) is 0 Å². The van der Waals surface area contributed by atoms with Crippen LogP contribution < -0.4 is 0 Å². The van der Waals surface area contributed by atoms with E-state index in [-0.39, 0.29) is 0 Å². The molecule has 0 aliphatic heterocycles. The van der Waals surface area contributed by atoms with Gasteiger partial charge in [-0.3, -0.25) is 9.59 Å². The molecule has 0 fully saturated rings. The van der Waals surface area contributed by atoms with Gasteiger partial charge in [-0.05, 0) is 54.4 Å². The molecule has 0 saturated carbocycles. The molecule has 4 nitrogen and oxygen atoms in total. The van der Waals surface area contributed by atoms with Gasteiger partial charge < -0.3 is 9.47 Å². The van der Waals surface area contributed by atoms with E-state index in [0.717, 1.165) is 12.8 Å². The highest BCUT2D eigenvalue weighted by molar-refractivity contribution is 6.00. The van der Waals surface area contributed by atoms with Gasteiger partial charge in [-0.15, -0.1) is 0 Å². The highest BCUT2D eigenvalue weighted by Crippen LogP contribution is 2.35. The van der Waals surface area contributed by atoms with Crippen molar-refractivity contribution in [2.24, 2.45) is 5.41 Å². The summed E-state index contributed by atoms with van der Waals surface area (Å²) in [7, 11) is 0. The monoisotopic (exact) mass is 300 g/mol. The van der Waals surface area contributed by atoms with E-state index < -0.39 is 28.6 Å². The van der Waals surface area contributed by atoms with Crippen molar-refractivity contribution < 1.29 is 19.1 Å². The number of hydrogen-bond acceptors (Lipinski definition) is 4. The molecule has 0 atom stereocenters. The zero-order valence-corrected chi connectivity index (χ0v) is 15.0. The largest absolute Gasteiger partial charge is 0.459 e. The van der Waals surface area contributed by atoms with Crippen molar-refractivity contribution in [3.63, 3.8) is 0 Å². The molecule has 0 aromatic heterocycles. The molecule has 0 bridgehead atoms. The Morgan fingerprint density at radius 1 is 0.810 bits per heavy atom. The molecule has 0 aliphatic carbocycles. The average Bonchev–Trinajstić information content (AvgIpc) is 2.25. The second kappa shape index (κ2) is 7.28. The molecule has 0 aromatic rings. The number of hydrogen-bond donors (Lipinski definition) is 0. The van der Waals surface area contributed by atoms with E-state index in [4.69, 9.17) is 9.47 Å². The standard InChI is InChI=1S/C17H32O4/c1-9-11-12-17(10-2,13(18)20-15(3,4)5)14(19)21-16(6,7)8/h9-12H2,1-8H3. The molecule has 0 unspecified atom stereocenters. The van der Waals surface area contributed by atoms with Crippen molar-refractivity contribution in [2.45, 2.75) is 92.3 Å². The summed E-state index contributed by atoms with van der Waals surface area (Å²) in [6.45, 7) is 14.7. The SMILES string of the molecule is CCCCC(CC)(C(=O)OC(C)(C)C)C(=O)OC(C)(C)C. The molecule has 0 spiro atoms. The Kier molecular flexibility index (Phi) is 6.91. The van der Waals surface area contributed by atoms with E-state index in [1.165, 1.54) is 0 Å². The van der Waals surface area contributed by atoms with E-state index >= 15 is 0 Å². The first-order valence-electron chi connectivity index (χ1n) is 7.85. The second-order valence-corrected chi connectivity index (χ2v) is 7.54. The first kappa shape index (κ1) is 19.9. The van der Waals surface area contributed by atoms with Crippen LogP contribution in [0.15, 0.2) is 0 Å². The molecule has 0 amide bonds. The van der Waals surface area contributed by atoms with E-state index in [0.29, 0.717) is 12.8 Å². The summed E-state index contributed by atoms with van der Waals surface area (Å²) in [5.74, 6) is -0.944. The van der Waals surface area contributed by atoms with Gasteiger partial charge in [0.2, 0.25) is 0 Å². The fourth-order valence-corrected chi connectivity index (χ4v) is 1.98. The number of carbonyl (C=O) groups is 2. The van der Waals surface area contributed by atoms with E-state index in [9.17, 15) is 9.59 Å². The summed E-state index contributed by atoms with van der Waals surface area (Å²) in [6.07, 6.45) is 2.54. The van der Waals surface area contributed by atoms with Gasteiger partial charge in [0, 0.05) is 0 Å². The number of esters is 2. The van der Waals surface area contributed by atoms with Crippen LogP contribution in [-0.2, 0) is 19.1 Å². The summed E-state index contributed by atoms with van der Waals surface area (Å²) in [5.41, 5.74) is -2.44.